The predicted octanol–water partition coefficient (Wildman–Crippen LogP) is 4.95. The fraction of sp³-hybridized carbons (Fsp3) is 0.654. The van der Waals surface area contributed by atoms with E-state index in [0.29, 0.717) is 36.5 Å². The Morgan fingerprint density at radius 2 is 1.86 bits per heavy atom. The minimum Gasteiger partial charge on any atom is -0.392 e. The molecule has 0 aliphatic heterocycles. The van der Waals surface area contributed by atoms with Crippen LogP contribution in [-0.2, 0) is 11.2 Å². The Labute approximate surface area is 176 Å². The first kappa shape index (κ1) is 22.2. The van der Waals surface area contributed by atoms with Gasteiger partial charge in [-0.05, 0) is 54.9 Å². The predicted molar refractivity (Wildman–Crippen MR) is 117 cm³/mol. The Bertz CT molecular complexity index is 693. The molecule has 160 valence electrons. The van der Waals surface area contributed by atoms with Crippen LogP contribution >= 0.6 is 0 Å². The first-order valence-electron chi connectivity index (χ1n) is 11.5. The van der Waals surface area contributed by atoms with Gasteiger partial charge in [0.25, 0.3) is 0 Å². The molecule has 0 radical (unpaired) electrons. The molecular formula is C26H38O3. The van der Waals surface area contributed by atoms with Gasteiger partial charge in [-0.15, -0.1) is 0 Å². The van der Waals surface area contributed by atoms with Crippen molar-refractivity contribution in [2.45, 2.75) is 77.9 Å². The Morgan fingerprint density at radius 1 is 1.14 bits per heavy atom. The van der Waals surface area contributed by atoms with E-state index in [1.807, 2.05) is 24.3 Å². The Hall–Kier alpha value is -1.45. The summed E-state index contributed by atoms with van der Waals surface area (Å²) in [6.07, 6.45) is 6.59. The molecule has 2 unspecified atom stereocenters. The maximum Gasteiger partial charge on any atom is 0.136 e. The number of carbonyl (C=O) groups is 1. The molecule has 3 heteroatoms. The second-order valence-corrected chi connectivity index (χ2v) is 9.81. The van der Waals surface area contributed by atoms with Crippen molar-refractivity contribution in [3.8, 4) is 0 Å². The number of aliphatic hydroxyl groups excluding tert-OH is 2. The first-order valence-corrected chi connectivity index (χ1v) is 11.5. The van der Waals surface area contributed by atoms with Gasteiger partial charge in [0.15, 0.2) is 0 Å². The van der Waals surface area contributed by atoms with Gasteiger partial charge in [0, 0.05) is 18.8 Å². The van der Waals surface area contributed by atoms with Crippen molar-refractivity contribution < 1.29 is 15.0 Å². The van der Waals surface area contributed by atoms with Gasteiger partial charge in [-0.1, -0.05) is 69.2 Å². The zero-order chi connectivity index (χ0) is 21.0. The average molecular weight is 399 g/mol. The molecule has 2 fully saturated rings. The number of rotatable bonds is 7. The Balaban J connectivity index is 1.83. The topological polar surface area (TPSA) is 57.5 Å². The average Bonchev–Trinajstić information content (AvgIpc) is 3.02. The number of benzene rings is 1. The summed E-state index contributed by atoms with van der Waals surface area (Å²) in [6, 6.07) is 10.2. The molecule has 2 N–H and O–H groups in total. The molecule has 2 aliphatic carbocycles. The highest BCUT2D eigenvalue weighted by atomic mass is 16.3. The lowest BCUT2D eigenvalue weighted by atomic mass is 9.64. The maximum absolute atomic E-state index is 12.1. The smallest absolute Gasteiger partial charge is 0.136 e. The van der Waals surface area contributed by atoms with Crippen LogP contribution in [0.1, 0.15) is 64.9 Å². The molecule has 0 spiro atoms. The maximum atomic E-state index is 12.1. The van der Waals surface area contributed by atoms with Gasteiger partial charge in [0.05, 0.1) is 12.2 Å². The molecule has 1 aromatic rings. The van der Waals surface area contributed by atoms with Crippen LogP contribution in [0.2, 0.25) is 0 Å². The van der Waals surface area contributed by atoms with Crippen molar-refractivity contribution in [2.24, 2.45) is 29.6 Å². The highest BCUT2D eigenvalue weighted by Gasteiger charge is 2.41. The van der Waals surface area contributed by atoms with E-state index in [2.05, 4.69) is 32.9 Å². The first-order chi connectivity index (χ1) is 13.8. The van der Waals surface area contributed by atoms with Crippen LogP contribution in [0, 0.1) is 29.6 Å². The molecule has 0 saturated heterocycles. The fourth-order valence-corrected chi connectivity index (χ4v) is 5.55. The van der Waals surface area contributed by atoms with Crippen LogP contribution in [0.15, 0.2) is 42.0 Å². The Kier molecular flexibility index (Phi) is 7.70. The largest absolute Gasteiger partial charge is 0.392 e. The third-order valence-corrected chi connectivity index (χ3v) is 7.18. The second-order valence-electron chi connectivity index (χ2n) is 9.81. The van der Waals surface area contributed by atoms with Crippen molar-refractivity contribution in [3.05, 3.63) is 47.5 Å². The molecular weight excluding hydrogens is 360 g/mol. The minimum absolute atomic E-state index is 0.120. The van der Waals surface area contributed by atoms with Crippen molar-refractivity contribution >= 4 is 5.78 Å². The number of hydrogen-bond acceptors (Lipinski definition) is 3. The molecule has 0 amide bonds. The SMILES string of the molecule is CC(C)C1CC[C@@H](C)C[C@H]1C(=C[C@@H](O)CCc1ccccc1)[C@H]1CC(=O)CC1O. The van der Waals surface area contributed by atoms with Crippen LogP contribution in [-0.4, -0.2) is 28.2 Å². The van der Waals surface area contributed by atoms with Crippen molar-refractivity contribution in [3.63, 3.8) is 0 Å². The number of hydrogen-bond donors (Lipinski definition) is 2. The van der Waals surface area contributed by atoms with Crippen LogP contribution in [0.5, 0.6) is 0 Å². The summed E-state index contributed by atoms with van der Waals surface area (Å²) >= 11 is 0. The third kappa shape index (κ3) is 5.79. The molecule has 1 aromatic carbocycles. The molecule has 0 bridgehead atoms. The molecule has 0 aromatic heterocycles. The third-order valence-electron chi connectivity index (χ3n) is 7.18. The fourth-order valence-electron chi connectivity index (χ4n) is 5.55. The van der Waals surface area contributed by atoms with Gasteiger partial charge in [-0.25, -0.2) is 0 Å². The zero-order valence-electron chi connectivity index (χ0n) is 18.3. The molecule has 2 saturated carbocycles. The number of ketones is 1. The van der Waals surface area contributed by atoms with Crippen LogP contribution in [0.25, 0.3) is 0 Å². The van der Waals surface area contributed by atoms with Crippen LogP contribution < -0.4 is 0 Å². The van der Waals surface area contributed by atoms with Crippen LogP contribution in [0.4, 0.5) is 0 Å². The van der Waals surface area contributed by atoms with E-state index < -0.39 is 12.2 Å². The normalized spacial score (nSPS) is 32.0. The number of carbonyl (C=O) groups excluding carboxylic acids is 1. The summed E-state index contributed by atoms with van der Waals surface area (Å²) in [5, 5.41) is 21.5. The van der Waals surface area contributed by atoms with Gasteiger partial charge in [-0.2, -0.15) is 0 Å². The van der Waals surface area contributed by atoms with Gasteiger partial charge in [-0.3, -0.25) is 4.79 Å². The Morgan fingerprint density at radius 3 is 2.48 bits per heavy atom. The second kappa shape index (κ2) is 10.0. The molecule has 2 aliphatic rings. The standard InChI is InChI=1S/C26H38O3/c1-17(2)22-12-9-18(3)13-23(22)24(25-15-21(28)16-26(25)29)14-20(27)11-10-19-7-5-4-6-8-19/h4-8,14,17-18,20,22-23,25-27,29H,9-13,15-16H2,1-3H3/t18-,20+,22?,23-,25-,26?/m1/s1. The molecule has 29 heavy (non-hydrogen) atoms. The highest BCUT2D eigenvalue weighted by Crippen LogP contribution is 2.46. The van der Waals surface area contributed by atoms with Gasteiger partial charge in [0.2, 0.25) is 0 Å². The lowest BCUT2D eigenvalue weighted by Gasteiger charge is -2.41. The molecule has 3 nitrogen and oxygen atoms in total. The summed E-state index contributed by atoms with van der Waals surface area (Å²) in [5.41, 5.74) is 2.39. The van der Waals surface area contributed by atoms with E-state index in [9.17, 15) is 15.0 Å². The zero-order valence-corrected chi connectivity index (χ0v) is 18.3. The summed E-state index contributed by atoms with van der Waals surface area (Å²) < 4.78 is 0. The summed E-state index contributed by atoms with van der Waals surface area (Å²) in [5.74, 6) is 2.15. The number of aliphatic hydroxyl groups is 2. The highest BCUT2D eigenvalue weighted by molar-refractivity contribution is 5.82. The van der Waals surface area contributed by atoms with Crippen LogP contribution in [0.3, 0.4) is 0 Å². The van der Waals surface area contributed by atoms with E-state index in [0.717, 1.165) is 18.4 Å². The summed E-state index contributed by atoms with van der Waals surface area (Å²) in [7, 11) is 0. The quantitative estimate of drug-likeness (QED) is 0.639. The van der Waals surface area contributed by atoms with Crippen molar-refractivity contribution in [1.29, 1.82) is 0 Å². The lowest BCUT2D eigenvalue weighted by Crippen LogP contribution is -2.33. The van der Waals surface area contributed by atoms with E-state index >= 15 is 0 Å². The van der Waals surface area contributed by atoms with Gasteiger partial charge < -0.3 is 10.2 Å². The summed E-state index contributed by atoms with van der Waals surface area (Å²) in [6.45, 7) is 6.88. The molecule has 6 atom stereocenters. The summed E-state index contributed by atoms with van der Waals surface area (Å²) in [4.78, 5) is 12.1. The van der Waals surface area contributed by atoms with E-state index in [-0.39, 0.29) is 18.1 Å². The molecule has 0 heterocycles. The lowest BCUT2D eigenvalue weighted by molar-refractivity contribution is -0.117. The monoisotopic (exact) mass is 398 g/mol. The molecule has 3 rings (SSSR count). The van der Waals surface area contributed by atoms with E-state index in [1.54, 1.807) is 0 Å². The van der Waals surface area contributed by atoms with E-state index in [4.69, 9.17) is 0 Å². The number of Topliss-reactive ketones (excluding diaryl/α,β-unsaturated/α-hetero) is 1. The van der Waals surface area contributed by atoms with Gasteiger partial charge in [0.1, 0.15) is 5.78 Å². The van der Waals surface area contributed by atoms with Crippen molar-refractivity contribution in [1.82, 2.24) is 0 Å². The van der Waals surface area contributed by atoms with E-state index in [1.165, 1.54) is 18.4 Å². The number of aryl methyl sites for hydroxylation is 1. The van der Waals surface area contributed by atoms with Gasteiger partial charge >= 0.3 is 0 Å². The van der Waals surface area contributed by atoms with Crippen molar-refractivity contribution in [2.75, 3.05) is 0 Å². The minimum atomic E-state index is -0.597.